The molecule has 0 spiro atoms. The van der Waals surface area contributed by atoms with E-state index in [2.05, 4.69) is 15.6 Å². The summed E-state index contributed by atoms with van der Waals surface area (Å²) in [4.78, 5) is 29.3. The molecule has 0 unspecified atom stereocenters. The van der Waals surface area contributed by atoms with Gasteiger partial charge in [0.1, 0.15) is 29.3 Å². The molecule has 0 saturated carbocycles. The highest BCUT2D eigenvalue weighted by atomic mass is 16.3. The van der Waals surface area contributed by atoms with Gasteiger partial charge >= 0.3 is 0 Å². The van der Waals surface area contributed by atoms with Crippen LogP contribution in [0.4, 0.5) is 5.69 Å². The van der Waals surface area contributed by atoms with Crippen LogP contribution in [0.15, 0.2) is 81.8 Å². The topological polar surface area (TPSA) is 106 Å². The Kier molecular flexibility index (Phi) is 6.59. The van der Waals surface area contributed by atoms with Crippen molar-refractivity contribution in [2.45, 2.75) is 39.9 Å². The Morgan fingerprint density at radius 1 is 1.00 bits per heavy atom. The van der Waals surface area contributed by atoms with Crippen molar-refractivity contribution in [3.8, 4) is 0 Å². The lowest BCUT2D eigenvalue weighted by molar-refractivity contribution is -0.127. The molecule has 0 fully saturated rings. The van der Waals surface area contributed by atoms with E-state index in [1.54, 1.807) is 42.1 Å². The monoisotopic (exact) mass is 497 g/mol. The lowest BCUT2D eigenvalue weighted by Gasteiger charge is -2.31. The number of rotatable bonds is 8. The molecule has 0 radical (unpaired) electrons. The molecule has 9 nitrogen and oxygen atoms in total. The van der Waals surface area contributed by atoms with Crippen LogP contribution in [-0.2, 0) is 22.7 Å². The van der Waals surface area contributed by atoms with E-state index >= 15 is 0 Å². The third-order valence-electron chi connectivity index (χ3n) is 6.36. The first-order valence-electron chi connectivity index (χ1n) is 12.0. The Labute approximate surface area is 213 Å². The number of nitrogens with one attached hydrogen (secondary N) is 1. The van der Waals surface area contributed by atoms with Crippen LogP contribution in [0, 0.1) is 20.8 Å². The fourth-order valence-corrected chi connectivity index (χ4v) is 4.31. The Balaban J connectivity index is 1.58. The van der Waals surface area contributed by atoms with Crippen LogP contribution in [-0.4, -0.2) is 26.8 Å². The number of carbonyl (C=O) groups is 2. The largest absolute Gasteiger partial charge is 0.467 e. The second-order valence-electron chi connectivity index (χ2n) is 8.87. The van der Waals surface area contributed by atoms with Crippen molar-refractivity contribution in [3.05, 3.63) is 101 Å². The van der Waals surface area contributed by atoms with E-state index in [-0.39, 0.29) is 19.0 Å². The van der Waals surface area contributed by atoms with Gasteiger partial charge in [-0.05, 0) is 74.4 Å². The molecule has 1 N–H and O–H groups in total. The zero-order chi connectivity index (χ0) is 25.9. The van der Waals surface area contributed by atoms with E-state index in [1.807, 2.05) is 56.3 Å². The number of anilines is 1. The van der Waals surface area contributed by atoms with Gasteiger partial charge in [-0.15, -0.1) is 5.10 Å². The van der Waals surface area contributed by atoms with Gasteiger partial charge in [-0.25, -0.2) is 4.68 Å². The standard InChI is InChI=1S/C28H27N5O4/c1-18-8-6-12-23(20(18)3)33(26(34)17-32-24-11-5-4-10-22(24)30-31-32)27(25-14-13-19(2)37-25)28(35)29-16-21-9-7-15-36-21/h4-15,27H,16-17H2,1-3H3,(H,29,35)/t27-/m1/s1. The summed E-state index contributed by atoms with van der Waals surface area (Å²) in [5, 5.41) is 11.3. The van der Waals surface area contributed by atoms with Gasteiger partial charge in [0.05, 0.1) is 18.3 Å². The van der Waals surface area contributed by atoms with Gasteiger partial charge in [-0.3, -0.25) is 14.5 Å². The quantitative estimate of drug-likeness (QED) is 0.335. The fraction of sp³-hybridized carbons (Fsp3) is 0.214. The molecule has 0 aliphatic heterocycles. The average Bonchev–Trinajstić information content (AvgIpc) is 3.65. The highest BCUT2D eigenvalue weighted by molar-refractivity contribution is 6.02. The summed E-state index contributed by atoms with van der Waals surface area (Å²) in [7, 11) is 0. The maximum absolute atomic E-state index is 14.1. The van der Waals surface area contributed by atoms with Crippen LogP contribution in [0.3, 0.4) is 0 Å². The normalized spacial score (nSPS) is 12.0. The summed E-state index contributed by atoms with van der Waals surface area (Å²) in [6.07, 6.45) is 1.54. The second kappa shape index (κ2) is 10.1. The first-order chi connectivity index (χ1) is 17.9. The maximum Gasteiger partial charge on any atom is 0.251 e. The van der Waals surface area contributed by atoms with E-state index in [0.717, 1.165) is 16.6 Å². The molecule has 188 valence electrons. The molecule has 2 amide bonds. The number of hydrogen-bond donors (Lipinski definition) is 1. The van der Waals surface area contributed by atoms with Crippen LogP contribution in [0.5, 0.6) is 0 Å². The summed E-state index contributed by atoms with van der Waals surface area (Å²) in [6, 6.07) is 19.1. The summed E-state index contributed by atoms with van der Waals surface area (Å²) < 4.78 is 12.8. The van der Waals surface area contributed by atoms with E-state index in [4.69, 9.17) is 8.83 Å². The minimum atomic E-state index is -1.06. The highest BCUT2D eigenvalue weighted by Gasteiger charge is 2.36. The number of carbonyl (C=O) groups excluding carboxylic acids is 2. The average molecular weight is 498 g/mol. The molecule has 37 heavy (non-hydrogen) atoms. The molecule has 5 aromatic rings. The number of para-hydroxylation sites is 1. The number of amides is 2. The third kappa shape index (κ3) is 4.88. The van der Waals surface area contributed by atoms with Crippen LogP contribution in [0.2, 0.25) is 0 Å². The van der Waals surface area contributed by atoms with Crippen molar-refractivity contribution in [1.29, 1.82) is 0 Å². The molecule has 0 aliphatic rings. The Hall–Kier alpha value is -4.66. The van der Waals surface area contributed by atoms with E-state index < -0.39 is 11.9 Å². The molecule has 5 rings (SSSR count). The van der Waals surface area contributed by atoms with Gasteiger partial charge in [0, 0.05) is 5.69 Å². The van der Waals surface area contributed by atoms with Crippen molar-refractivity contribution in [1.82, 2.24) is 20.3 Å². The summed E-state index contributed by atoms with van der Waals surface area (Å²) in [5.74, 6) is 0.850. The van der Waals surface area contributed by atoms with Crippen molar-refractivity contribution in [3.63, 3.8) is 0 Å². The first kappa shape index (κ1) is 24.1. The van der Waals surface area contributed by atoms with Gasteiger partial charge in [0.2, 0.25) is 5.91 Å². The van der Waals surface area contributed by atoms with Gasteiger partial charge < -0.3 is 14.2 Å². The lowest BCUT2D eigenvalue weighted by Crippen LogP contribution is -2.45. The minimum absolute atomic E-state index is 0.116. The van der Waals surface area contributed by atoms with Gasteiger partial charge in [-0.1, -0.05) is 29.5 Å². The number of benzene rings is 2. The molecule has 3 aromatic heterocycles. The predicted molar refractivity (Wildman–Crippen MR) is 138 cm³/mol. The van der Waals surface area contributed by atoms with Crippen LogP contribution < -0.4 is 10.2 Å². The zero-order valence-electron chi connectivity index (χ0n) is 20.8. The molecule has 3 heterocycles. The molecule has 9 heteroatoms. The Morgan fingerprint density at radius 3 is 2.59 bits per heavy atom. The first-order valence-corrected chi connectivity index (χ1v) is 12.0. The van der Waals surface area contributed by atoms with E-state index in [0.29, 0.717) is 28.5 Å². The highest BCUT2D eigenvalue weighted by Crippen LogP contribution is 2.33. The zero-order valence-corrected chi connectivity index (χ0v) is 20.8. The van der Waals surface area contributed by atoms with Crippen molar-refractivity contribution in [2.24, 2.45) is 0 Å². The number of furan rings is 2. The van der Waals surface area contributed by atoms with Crippen LogP contribution >= 0.6 is 0 Å². The van der Waals surface area contributed by atoms with Crippen LogP contribution in [0.25, 0.3) is 11.0 Å². The molecule has 0 saturated heterocycles. The molecular weight excluding hydrogens is 470 g/mol. The van der Waals surface area contributed by atoms with Gasteiger partial charge in [0.25, 0.3) is 5.91 Å². The summed E-state index contributed by atoms with van der Waals surface area (Å²) in [5.41, 5.74) is 3.90. The Bertz CT molecular complexity index is 1550. The smallest absolute Gasteiger partial charge is 0.251 e. The number of aromatic nitrogens is 3. The van der Waals surface area contributed by atoms with Gasteiger partial charge in [0.15, 0.2) is 6.04 Å². The maximum atomic E-state index is 14.1. The molecule has 1 atom stereocenters. The predicted octanol–water partition coefficient (Wildman–Crippen LogP) is 4.63. The molecule has 0 bridgehead atoms. The number of fused-ring (bicyclic) bond motifs is 1. The van der Waals surface area contributed by atoms with Crippen LogP contribution in [0.1, 0.15) is 34.4 Å². The fourth-order valence-electron chi connectivity index (χ4n) is 4.31. The summed E-state index contributed by atoms with van der Waals surface area (Å²) >= 11 is 0. The third-order valence-corrected chi connectivity index (χ3v) is 6.36. The molecule has 2 aromatic carbocycles. The molecule has 0 aliphatic carbocycles. The van der Waals surface area contributed by atoms with E-state index in [1.165, 1.54) is 4.90 Å². The summed E-state index contributed by atoms with van der Waals surface area (Å²) in [6.45, 7) is 5.75. The SMILES string of the molecule is Cc1ccc([C@H](C(=O)NCc2ccco2)N(C(=O)Cn2nnc3ccccc32)c2cccc(C)c2C)o1. The van der Waals surface area contributed by atoms with Crippen molar-refractivity contribution < 1.29 is 18.4 Å². The second-order valence-corrected chi connectivity index (χ2v) is 8.87. The Morgan fingerprint density at radius 2 is 1.84 bits per heavy atom. The number of aryl methyl sites for hydroxylation is 2. The number of hydrogen-bond acceptors (Lipinski definition) is 6. The van der Waals surface area contributed by atoms with Crippen molar-refractivity contribution >= 4 is 28.5 Å². The molecular formula is C28H27N5O4. The number of nitrogens with zero attached hydrogens (tertiary/aromatic N) is 4. The lowest BCUT2D eigenvalue weighted by atomic mass is 10.0. The van der Waals surface area contributed by atoms with E-state index in [9.17, 15) is 9.59 Å². The van der Waals surface area contributed by atoms with Crippen molar-refractivity contribution in [2.75, 3.05) is 4.90 Å². The minimum Gasteiger partial charge on any atom is -0.467 e. The van der Waals surface area contributed by atoms with Gasteiger partial charge in [-0.2, -0.15) is 0 Å².